The zero-order valence-corrected chi connectivity index (χ0v) is 12.2. The zero-order valence-electron chi connectivity index (χ0n) is 12.2. The van der Waals surface area contributed by atoms with Crippen molar-refractivity contribution >= 4 is 11.9 Å². The quantitative estimate of drug-likeness (QED) is 0.855. The molecule has 7 nitrogen and oxygen atoms in total. The highest BCUT2D eigenvalue weighted by Crippen LogP contribution is 2.33. The fourth-order valence-electron chi connectivity index (χ4n) is 2.42. The molecule has 0 saturated carbocycles. The number of aliphatic imine (C=N–C) groups is 1. The van der Waals surface area contributed by atoms with Gasteiger partial charge in [0.2, 0.25) is 0 Å². The summed E-state index contributed by atoms with van der Waals surface area (Å²) in [7, 11) is 1.59. The van der Waals surface area contributed by atoms with Crippen LogP contribution in [0.4, 0.5) is 0 Å². The van der Waals surface area contributed by atoms with Crippen molar-refractivity contribution in [2.75, 3.05) is 7.05 Å². The van der Waals surface area contributed by atoms with Crippen LogP contribution < -0.4 is 5.73 Å². The van der Waals surface area contributed by atoms with Crippen molar-refractivity contribution in [3.05, 3.63) is 42.5 Å². The van der Waals surface area contributed by atoms with Crippen LogP contribution in [0, 0.1) is 0 Å². The third-order valence-corrected chi connectivity index (χ3v) is 3.76. The number of nitrogens with two attached hydrogens (primary N) is 1. The minimum Gasteiger partial charge on any atom is -0.506 e. The smallest absolute Gasteiger partial charge is 0.261 e. The van der Waals surface area contributed by atoms with Crippen LogP contribution in [-0.2, 0) is 10.3 Å². The maximum absolute atomic E-state index is 12.4. The molecule has 3 heterocycles. The Morgan fingerprint density at radius 1 is 1.14 bits per heavy atom. The Bertz CT molecular complexity index is 789. The molecule has 1 amide bonds. The molecule has 0 saturated heterocycles. The monoisotopic (exact) mass is 297 g/mol. The van der Waals surface area contributed by atoms with E-state index in [0.717, 1.165) is 5.56 Å². The van der Waals surface area contributed by atoms with Gasteiger partial charge in [0.05, 0.1) is 6.20 Å². The van der Waals surface area contributed by atoms with E-state index in [9.17, 15) is 9.90 Å². The molecule has 1 unspecified atom stereocenters. The Morgan fingerprint density at radius 2 is 1.77 bits per heavy atom. The third kappa shape index (κ3) is 2.07. The van der Waals surface area contributed by atoms with Crippen molar-refractivity contribution in [3.63, 3.8) is 0 Å². The summed E-state index contributed by atoms with van der Waals surface area (Å²) in [5, 5.41) is 9.54. The molecule has 3 rings (SSSR count). The van der Waals surface area contributed by atoms with Gasteiger partial charge in [-0.3, -0.25) is 19.7 Å². The van der Waals surface area contributed by atoms with Crippen LogP contribution in [0.15, 0.2) is 41.9 Å². The summed E-state index contributed by atoms with van der Waals surface area (Å²) in [5.74, 6) is 0.0305. The first-order valence-corrected chi connectivity index (χ1v) is 6.65. The molecule has 1 aliphatic rings. The van der Waals surface area contributed by atoms with E-state index in [0.29, 0.717) is 11.1 Å². The van der Waals surface area contributed by atoms with Crippen molar-refractivity contribution in [2.45, 2.75) is 12.5 Å². The number of carbonyl (C=O) groups excluding carboxylic acids is 1. The second-order valence-corrected chi connectivity index (χ2v) is 5.30. The lowest BCUT2D eigenvalue weighted by atomic mass is 9.92. The minimum absolute atomic E-state index is 0.0630. The second-order valence-electron chi connectivity index (χ2n) is 5.30. The zero-order chi connectivity index (χ0) is 15.9. The highest BCUT2D eigenvalue weighted by molar-refractivity contribution is 6.06. The number of rotatable bonds is 2. The topological polar surface area (TPSA) is 105 Å². The summed E-state index contributed by atoms with van der Waals surface area (Å²) in [6.07, 6.45) is 6.19. The molecule has 0 bridgehead atoms. The predicted molar refractivity (Wildman–Crippen MR) is 80.9 cm³/mol. The molecule has 0 spiro atoms. The van der Waals surface area contributed by atoms with Crippen LogP contribution in [0.5, 0.6) is 5.75 Å². The van der Waals surface area contributed by atoms with Crippen LogP contribution in [0.2, 0.25) is 0 Å². The summed E-state index contributed by atoms with van der Waals surface area (Å²) in [6, 6.07) is 3.38. The van der Waals surface area contributed by atoms with Gasteiger partial charge in [-0.2, -0.15) is 0 Å². The molecule has 0 aliphatic carbocycles. The highest BCUT2D eigenvalue weighted by Gasteiger charge is 2.44. The van der Waals surface area contributed by atoms with Crippen molar-refractivity contribution in [1.29, 1.82) is 0 Å². The molecule has 2 aromatic heterocycles. The van der Waals surface area contributed by atoms with E-state index in [2.05, 4.69) is 15.0 Å². The highest BCUT2D eigenvalue weighted by atomic mass is 16.3. The van der Waals surface area contributed by atoms with Crippen LogP contribution in [0.25, 0.3) is 11.1 Å². The first kappa shape index (κ1) is 14.0. The molecule has 2 aromatic rings. The second kappa shape index (κ2) is 4.80. The summed E-state index contributed by atoms with van der Waals surface area (Å²) >= 11 is 0. The Morgan fingerprint density at radius 3 is 2.36 bits per heavy atom. The molecular formula is C15H15N5O2. The van der Waals surface area contributed by atoms with Gasteiger partial charge >= 0.3 is 0 Å². The SMILES string of the molecule is CN1C(=O)C(C)(c2cncc(-c3cncc(O)c3)c2)N=C1N. The van der Waals surface area contributed by atoms with Gasteiger partial charge in [0, 0.05) is 42.3 Å². The van der Waals surface area contributed by atoms with E-state index < -0.39 is 5.54 Å². The van der Waals surface area contributed by atoms with Crippen molar-refractivity contribution in [3.8, 4) is 16.9 Å². The minimum atomic E-state index is -1.09. The molecule has 0 radical (unpaired) electrons. The molecule has 112 valence electrons. The number of guanidine groups is 1. The molecule has 1 aliphatic heterocycles. The normalized spacial score (nSPS) is 21.1. The third-order valence-electron chi connectivity index (χ3n) is 3.76. The van der Waals surface area contributed by atoms with Gasteiger partial charge in [-0.05, 0) is 19.1 Å². The molecule has 3 N–H and O–H groups in total. The van der Waals surface area contributed by atoms with Gasteiger partial charge < -0.3 is 10.8 Å². The van der Waals surface area contributed by atoms with E-state index in [1.54, 1.807) is 44.7 Å². The van der Waals surface area contributed by atoms with Crippen molar-refractivity contribution in [1.82, 2.24) is 14.9 Å². The lowest BCUT2D eigenvalue weighted by Crippen LogP contribution is -2.38. The summed E-state index contributed by atoms with van der Waals surface area (Å²) < 4.78 is 0. The van der Waals surface area contributed by atoms with E-state index in [1.165, 1.54) is 11.1 Å². The number of hydrogen-bond donors (Lipinski definition) is 2. The molecule has 22 heavy (non-hydrogen) atoms. The number of aromatic nitrogens is 2. The van der Waals surface area contributed by atoms with Crippen molar-refractivity contribution in [2.24, 2.45) is 10.7 Å². The first-order chi connectivity index (χ1) is 10.4. The number of hydrogen-bond acceptors (Lipinski definition) is 6. The van der Waals surface area contributed by atoms with E-state index in [-0.39, 0.29) is 17.6 Å². The number of amides is 1. The van der Waals surface area contributed by atoms with Gasteiger partial charge in [0.1, 0.15) is 5.75 Å². The standard InChI is InChI=1S/C15H15N5O2/c1-15(13(22)20(2)14(16)19-15)11-3-9(5-17-7-11)10-4-12(21)8-18-6-10/h3-8,21H,1-2H3,(H2,16,19). The van der Waals surface area contributed by atoms with E-state index >= 15 is 0 Å². The van der Waals surface area contributed by atoms with E-state index in [4.69, 9.17) is 5.73 Å². The Labute approximate surface area is 127 Å². The average Bonchev–Trinajstić information content (AvgIpc) is 2.72. The van der Waals surface area contributed by atoms with Crippen LogP contribution in [0.1, 0.15) is 12.5 Å². The molecular weight excluding hydrogens is 282 g/mol. The molecule has 0 aromatic carbocycles. The number of aromatic hydroxyl groups is 1. The Kier molecular flexibility index (Phi) is 3.05. The fraction of sp³-hybridized carbons (Fsp3) is 0.200. The molecule has 1 atom stereocenters. The van der Waals surface area contributed by atoms with Gasteiger partial charge in [0.15, 0.2) is 11.5 Å². The fourth-order valence-corrected chi connectivity index (χ4v) is 2.42. The lowest BCUT2D eigenvalue weighted by Gasteiger charge is -2.20. The number of likely N-dealkylation sites (N-methyl/N-ethyl adjacent to an activating group) is 1. The predicted octanol–water partition coefficient (Wildman–Crippen LogP) is 0.851. The number of pyridine rings is 2. The summed E-state index contributed by atoms with van der Waals surface area (Å²) in [5.41, 5.74) is 6.72. The lowest BCUT2D eigenvalue weighted by molar-refractivity contribution is -0.130. The summed E-state index contributed by atoms with van der Waals surface area (Å²) in [6.45, 7) is 1.70. The Balaban J connectivity index is 2.08. The Hall–Kier alpha value is -2.96. The number of nitrogens with zero attached hydrogens (tertiary/aromatic N) is 4. The van der Waals surface area contributed by atoms with E-state index in [1.807, 2.05) is 0 Å². The van der Waals surface area contributed by atoms with Gasteiger partial charge in [0.25, 0.3) is 5.91 Å². The maximum atomic E-state index is 12.4. The molecule has 0 fully saturated rings. The largest absolute Gasteiger partial charge is 0.506 e. The number of carbonyl (C=O) groups is 1. The van der Waals surface area contributed by atoms with Gasteiger partial charge in [-0.1, -0.05) is 0 Å². The summed E-state index contributed by atoms with van der Waals surface area (Å²) in [4.78, 5) is 26.1. The average molecular weight is 297 g/mol. The van der Waals surface area contributed by atoms with Crippen molar-refractivity contribution < 1.29 is 9.90 Å². The maximum Gasteiger partial charge on any atom is 0.261 e. The van der Waals surface area contributed by atoms with Gasteiger partial charge in [-0.15, -0.1) is 0 Å². The van der Waals surface area contributed by atoms with Crippen LogP contribution in [0.3, 0.4) is 0 Å². The first-order valence-electron chi connectivity index (χ1n) is 6.65. The van der Waals surface area contributed by atoms with Crippen LogP contribution >= 0.6 is 0 Å². The van der Waals surface area contributed by atoms with Gasteiger partial charge in [-0.25, -0.2) is 4.99 Å². The van der Waals surface area contributed by atoms with Crippen LogP contribution in [-0.4, -0.2) is 38.9 Å². The molecule has 7 heteroatoms.